The third-order valence-corrected chi connectivity index (χ3v) is 5.84. The zero-order valence-corrected chi connectivity index (χ0v) is 15.2. The van der Waals surface area contributed by atoms with Gasteiger partial charge >= 0.3 is 0 Å². The summed E-state index contributed by atoms with van der Waals surface area (Å²) in [6.45, 7) is 2.12. The molecular formula is C16H17BrFNO3S. The molecule has 0 aliphatic rings. The minimum absolute atomic E-state index is 0.0931. The number of benzene rings is 2. The van der Waals surface area contributed by atoms with E-state index in [1.54, 1.807) is 25.1 Å². The molecule has 4 nitrogen and oxygen atoms in total. The molecule has 0 aliphatic carbocycles. The SMILES string of the molecule is CCN(Cc1ccc(OC)c(F)c1)S(=O)(=O)c1ccc(Br)cc1. The molecule has 2 aromatic carbocycles. The van der Waals surface area contributed by atoms with Gasteiger partial charge < -0.3 is 4.74 Å². The maximum atomic E-state index is 13.8. The van der Waals surface area contributed by atoms with Crippen molar-refractivity contribution in [2.24, 2.45) is 0 Å². The summed E-state index contributed by atoms with van der Waals surface area (Å²) in [5, 5.41) is 0. The van der Waals surface area contributed by atoms with Gasteiger partial charge in [-0.05, 0) is 42.0 Å². The molecular weight excluding hydrogens is 385 g/mol. The number of methoxy groups -OCH3 is 1. The van der Waals surface area contributed by atoms with E-state index in [1.807, 2.05) is 0 Å². The molecule has 0 saturated heterocycles. The van der Waals surface area contributed by atoms with Crippen LogP contribution < -0.4 is 4.74 Å². The van der Waals surface area contributed by atoms with Crippen molar-refractivity contribution in [1.82, 2.24) is 4.31 Å². The van der Waals surface area contributed by atoms with E-state index in [0.29, 0.717) is 5.56 Å². The van der Waals surface area contributed by atoms with Crippen molar-refractivity contribution < 1.29 is 17.5 Å². The number of sulfonamides is 1. The Kier molecular flexibility index (Phi) is 5.78. The summed E-state index contributed by atoms with van der Waals surface area (Å²) in [6.07, 6.45) is 0. The molecule has 0 fully saturated rings. The standard InChI is InChI=1S/C16H17BrFNO3S/c1-3-19(11-12-4-9-16(22-2)15(18)10-12)23(20,21)14-7-5-13(17)6-8-14/h4-10H,3,11H2,1-2H3. The van der Waals surface area contributed by atoms with Gasteiger partial charge in [0.2, 0.25) is 10.0 Å². The maximum absolute atomic E-state index is 13.8. The zero-order chi connectivity index (χ0) is 17.0. The Morgan fingerprint density at radius 3 is 2.35 bits per heavy atom. The molecule has 0 radical (unpaired) electrons. The molecule has 0 saturated carbocycles. The van der Waals surface area contributed by atoms with E-state index < -0.39 is 15.8 Å². The highest BCUT2D eigenvalue weighted by Gasteiger charge is 2.23. The van der Waals surface area contributed by atoms with Crippen LogP contribution >= 0.6 is 15.9 Å². The smallest absolute Gasteiger partial charge is 0.243 e. The summed E-state index contributed by atoms with van der Waals surface area (Å²) in [6, 6.07) is 10.9. The topological polar surface area (TPSA) is 46.6 Å². The van der Waals surface area contributed by atoms with Crippen LogP contribution in [0.2, 0.25) is 0 Å². The van der Waals surface area contributed by atoms with Gasteiger partial charge in [-0.15, -0.1) is 0 Å². The van der Waals surface area contributed by atoms with Crippen molar-refractivity contribution in [2.45, 2.75) is 18.4 Å². The number of nitrogens with zero attached hydrogens (tertiary/aromatic N) is 1. The molecule has 2 rings (SSSR count). The summed E-state index contributed by atoms with van der Waals surface area (Å²) in [5.41, 5.74) is 0.561. The van der Waals surface area contributed by atoms with E-state index in [-0.39, 0.29) is 23.7 Å². The van der Waals surface area contributed by atoms with Crippen LogP contribution in [0.1, 0.15) is 12.5 Å². The molecule has 0 amide bonds. The van der Waals surface area contributed by atoms with Crippen LogP contribution in [0, 0.1) is 5.82 Å². The van der Waals surface area contributed by atoms with Gasteiger partial charge in [-0.25, -0.2) is 12.8 Å². The molecule has 0 heterocycles. The highest BCUT2D eigenvalue weighted by atomic mass is 79.9. The van der Waals surface area contributed by atoms with Gasteiger partial charge in [-0.2, -0.15) is 4.31 Å². The first-order valence-corrected chi connectivity index (χ1v) is 9.20. The third-order valence-electron chi connectivity index (χ3n) is 3.38. The van der Waals surface area contributed by atoms with Gasteiger partial charge in [0.1, 0.15) is 0 Å². The first-order chi connectivity index (χ1) is 10.9. The fourth-order valence-corrected chi connectivity index (χ4v) is 3.84. The summed E-state index contributed by atoms with van der Waals surface area (Å²) in [5.74, 6) is -0.380. The van der Waals surface area contributed by atoms with E-state index in [1.165, 1.54) is 35.7 Å². The Morgan fingerprint density at radius 2 is 1.83 bits per heavy atom. The average Bonchev–Trinajstić information content (AvgIpc) is 2.53. The number of halogens is 2. The summed E-state index contributed by atoms with van der Waals surface area (Å²) in [4.78, 5) is 0.205. The number of rotatable bonds is 6. The molecule has 0 spiro atoms. The molecule has 0 atom stereocenters. The lowest BCUT2D eigenvalue weighted by molar-refractivity contribution is 0.384. The molecule has 23 heavy (non-hydrogen) atoms. The van der Waals surface area contributed by atoms with E-state index in [0.717, 1.165) is 4.47 Å². The molecule has 0 aromatic heterocycles. The largest absolute Gasteiger partial charge is 0.494 e. The van der Waals surface area contributed by atoms with E-state index in [2.05, 4.69) is 15.9 Å². The number of hydrogen-bond acceptors (Lipinski definition) is 3. The van der Waals surface area contributed by atoms with Crippen molar-refractivity contribution >= 4 is 26.0 Å². The third kappa shape index (κ3) is 4.10. The van der Waals surface area contributed by atoms with Gasteiger partial charge in [0.25, 0.3) is 0 Å². The van der Waals surface area contributed by atoms with Crippen molar-refractivity contribution in [3.63, 3.8) is 0 Å². The van der Waals surface area contributed by atoms with Crippen molar-refractivity contribution in [3.05, 3.63) is 58.3 Å². The number of hydrogen-bond donors (Lipinski definition) is 0. The molecule has 0 unspecified atom stereocenters. The first kappa shape index (κ1) is 17.9. The fraction of sp³-hybridized carbons (Fsp3) is 0.250. The molecule has 0 aliphatic heterocycles. The zero-order valence-electron chi connectivity index (χ0n) is 12.8. The van der Waals surface area contributed by atoms with Gasteiger partial charge in [-0.1, -0.05) is 28.9 Å². The molecule has 0 N–H and O–H groups in total. The lowest BCUT2D eigenvalue weighted by Gasteiger charge is -2.21. The van der Waals surface area contributed by atoms with Crippen LogP contribution in [0.5, 0.6) is 5.75 Å². The van der Waals surface area contributed by atoms with E-state index in [4.69, 9.17) is 4.74 Å². The Labute approximate surface area is 144 Å². The summed E-state index contributed by atoms with van der Waals surface area (Å²) >= 11 is 3.28. The Hall–Kier alpha value is -1.44. The van der Waals surface area contributed by atoms with E-state index >= 15 is 0 Å². The van der Waals surface area contributed by atoms with Crippen molar-refractivity contribution in [1.29, 1.82) is 0 Å². The Morgan fingerprint density at radius 1 is 1.17 bits per heavy atom. The molecule has 0 bridgehead atoms. The Bertz CT molecular complexity index is 778. The second kappa shape index (κ2) is 7.42. The van der Waals surface area contributed by atoms with Crippen molar-refractivity contribution in [2.75, 3.05) is 13.7 Å². The Balaban J connectivity index is 2.28. The maximum Gasteiger partial charge on any atom is 0.243 e. The first-order valence-electron chi connectivity index (χ1n) is 6.96. The van der Waals surface area contributed by atoms with Gasteiger partial charge in [-0.3, -0.25) is 0 Å². The van der Waals surface area contributed by atoms with E-state index in [9.17, 15) is 12.8 Å². The minimum Gasteiger partial charge on any atom is -0.494 e. The lowest BCUT2D eigenvalue weighted by atomic mass is 10.2. The van der Waals surface area contributed by atoms with Crippen LogP contribution in [0.15, 0.2) is 51.8 Å². The second-order valence-corrected chi connectivity index (χ2v) is 7.71. The van der Waals surface area contributed by atoms with Crippen LogP contribution in [0.4, 0.5) is 4.39 Å². The van der Waals surface area contributed by atoms with Crippen LogP contribution in [-0.4, -0.2) is 26.4 Å². The second-order valence-electron chi connectivity index (χ2n) is 4.85. The molecule has 2 aromatic rings. The summed E-state index contributed by atoms with van der Waals surface area (Å²) < 4.78 is 46.1. The van der Waals surface area contributed by atoms with Crippen molar-refractivity contribution in [3.8, 4) is 5.75 Å². The van der Waals surface area contributed by atoms with Gasteiger partial charge in [0.05, 0.1) is 12.0 Å². The fourth-order valence-electron chi connectivity index (χ4n) is 2.13. The highest BCUT2D eigenvalue weighted by Crippen LogP contribution is 2.23. The monoisotopic (exact) mass is 401 g/mol. The predicted molar refractivity (Wildman–Crippen MR) is 90.4 cm³/mol. The lowest BCUT2D eigenvalue weighted by Crippen LogP contribution is -2.30. The number of ether oxygens (including phenoxy) is 1. The molecule has 124 valence electrons. The normalized spacial score (nSPS) is 11.7. The molecule has 7 heteroatoms. The van der Waals surface area contributed by atoms with Crippen LogP contribution in [0.25, 0.3) is 0 Å². The quantitative estimate of drug-likeness (QED) is 0.739. The summed E-state index contributed by atoms with van der Waals surface area (Å²) in [7, 11) is -2.25. The van der Waals surface area contributed by atoms with Gasteiger partial charge in [0, 0.05) is 17.6 Å². The predicted octanol–water partition coefficient (Wildman–Crippen LogP) is 3.81. The minimum atomic E-state index is -3.64. The van der Waals surface area contributed by atoms with Crippen LogP contribution in [0.3, 0.4) is 0 Å². The highest BCUT2D eigenvalue weighted by molar-refractivity contribution is 9.10. The average molecular weight is 402 g/mol. The van der Waals surface area contributed by atoms with Crippen LogP contribution in [-0.2, 0) is 16.6 Å². The van der Waals surface area contributed by atoms with Gasteiger partial charge in [0.15, 0.2) is 11.6 Å².